The molecule has 0 saturated carbocycles. The van der Waals surface area contributed by atoms with E-state index in [1.54, 1.807) is 12.2 Å². The molecule has 0 bridgehead atoms. The summed E-state index contributed by atoms with van der Waals surface area (Å²) >= 11 is 0. The molecular weight excluding hydrogens is 584 g/mol. The molecule has 1 aromatic carbocycles. The minimum Gasteiger partial charge on any atom is -0.507 e. The van der Waals surface area contributed by atoms with E-state index in [-0.39, 0.29) is 52.5 Å². The third-order valence-electron chi connectivity index (χ3n) is 8.83. The van der Waals surface area contributed by atoms with Crippen molar-refractivity contribution < 1.29 is 39.2 Å². The molecule has 8 heteroatoms. The first kappa shape index (κ1) is 36.6. The number of aldehydes is 1. The fourth-order valence-electron chi connectivity index (χ4n) is 5.99. The fraction of sp³-hybridized carbons (Fsp3) is 0.500. The first-order valence-corrected chi connectivity index (χ1v) is 16.0. The van der Waals surface area contributed by atoms with Gasteiger partial charge in [0.1, 0.15) is 35.2 Å². The van der Waals surface area contributed by atoms with Crippen molar-refractivity contribution in [1.29, 1.82) is 0 Å². The second-order valence-corrected chi connectivity index (χ2v) is 13.5. The van der Waals surface area contributed by atoms with Gasteiger partial charge in [-0.15, -0.1) is 0 Å². The molecule has 0 radical (unpaired) electrons. The lowest BCUT2D eigenvalue weighted by atomic mass is 9.70. The number of aliphatic carboxylic acids is 1. The Bertz CT molecular complexity index is 1490. The van der Waals surface area contributed by atoms with Crippen molar-refractivity contribution >= 4 is 18.0 Å². The number of benzene rings is 1. The van der Waals surface area contributed by atoms with Crippen LogP contribution in [0.2, 0.25) is 0 Å². The predicted molar refractivity (Wildman–Crippen MR) is 180 cm³/mol. The minimum absolute atomic E-state index is 0.00126. The van der Waals surface area contributed by atoms with Gasteiger partial charge in [-0.2, -0.15) is 0 Å². The summed E-state index contributed by atoms with van der Waals surface area (Å²) in [5.74, 6) is -2.68. The third kappa shape index (κ3) is 8.66. The van der Waals surface area contributed by atoms with E-state index in [4.69, 9.17) is 14.6 Å². The number of hydrogen-bond donors (Lipinski definition) is 3. The molecule has 1 heterocycles. The number of ketones is 1. The van der Waals surface area contributed by atoms with E-state index in [0.717, 1.165) is 30.3 Å². The second kappa shape index (κ2) is 15.6. The summed E-state index contributed by atoms with van der Waals surface area (Å²) in [6, 6.07) is 0. The zero-order chi connectivity index (χ0) is 34.3. The predicted octanol–water partition coefficient (Wildman–Crippen LogP) is 7.76. The topological polar surface area (TPSA) is 130 Å². The van der Waals surface area contributed by atoms with Crippen LogP contribution in [0.5, 0.6) is 17.2 Å². The molecule has 250 valence electrons. The molecule has 1 aliphatic heterocycles. The van der Waals surface area contributed by atoms with Gasteiger partial charge in [-0.3, -0.25) is 4.79 Å². The Morgan fingerprint density at radius 1 is 0.957 bits per heavy atom. The van der Waals surface area contributed by atoms with Gasteiger partial charge in [0.15, 0.2) is 5.78 Å². The number of carboxylic acids is 1. The van der Waals surface area contributed by atoms with Gasteiger partial charge in [-0.25, -0.2) is 4.79 Å². The minimum atomic E-state index is -0.993. The van der Waals surface area contributed by atoms with Crippen molar-refractivity contribution in [2.24, 2.45) is 11.8 Å². The summed E-state index contributed by atoms with van der Waals surface area (Å²) < 4.78 is 12.9. The van der Waals surface area contributed by atoms with E-state index in [0.29, 0.717) is 24.8 Å². The molecule has 0 fully saturated rings. The number of carbonyl (C=O) groups excluding carboxylic acids is 2. The number of aromatic hydroxyl groups is 2. The highest BCUT2D eigenvalue weighted by Crippen LogP contribution is 2.51. The monoisotopic (exact) mass is 634 g/mol. The van der Waals surface area contributed by atoms with Gasteiger partial charge in [0.05, 0.1) is 12.2 Å². The number of phenols is 2. The van der Waals surface area contributed by atoms with Gasteiger partial charge < -0.3 is 29.6 Å². The van der Waals surface area contributed by atoms with Crippen LogP contribution in [0.1, 0.15) is 103 Å². The maximum absolute atomic E-state index is 14.3. The molecule has 2 aliphatic rings. The Balaban J connectivity index is 2.07. The maximum atomic E-state index is 14.3. The number of rotatable bonds is 14. The number of ether oxygens (including phenoxy) is 2. The van der Waals surface area contributed by atoms with Crippen LogP contribution in [0.3, 0.4) is 0 Å². The fourth-order valence-corrected chi connectivity index (χ4v) is 5.99. The van der Waals surface area contributed by atoms with Gasteiger partial charge >= 0.3 is 5.97 Å². The van der Waals surface area contributed by atoms with Crippen LogP contribution >= 0.6 is 0 Å². The summed E-state index contributed by atoms with van der Waals surface area (Å²) in [5, 5.41) is 32.2. The Morgan fingerprint density at radius 3 is 2.22 bits per heavy atom. The second-order valence-electron chi connectivity index (χ2n) is 13.5. The smallest absolute Gasteiger partial charge is 0.330 e. The Hall–Kier alpha value is -3.91. The zero-order valence-corrected chi connectivity index (χ0v) is 28.5. The van der Waals surface area contributed by atoms with Crippen LogP contribution in [0.25, 0.3) is 0 Å². The Kier molecular flexibility index (Phi) is 12.4. The van der Waals surface area contributed by atoms with Crippen LogP contribution in [0.15, 0.2) is 58.2 Å². The molecule has 3 N–H and O–H groups in total. The molecule has 0 saturated heterocycles. The van der Waals surface area contributed by atoms with E-state index in [1.165, 1.54) is 12.5 Å². The maximum Gasteiger partial charge on any atom is 0.330 e. The lowest BCUT2D eigenvalue weighted by Gasteiger charge is -2.45. The summed E-state index contributed by atoms with van der Waals surface area (Å²) in [6.45, 7) is 15.5. The van der Waals surface area contributed by atoms with Crippen LogP contribution < -0.4 is 4.74 Å². The summed E-state index contributed by atoms with van der Waals surface area (Å²) in [5.41, 5.74) is 3.70. The molecule has 0 amide bonds. The van der Waals surface area contributed by atoms with Crippen molar-refractivity contribution in [3.8, 4) is 17.2 Å². The molecule has 3 rings (SSSR count). The number of carboxylic acid groups (broad SMARTS) is 1. The molecule has 0 aromatic heterocycles. The zero-order valence-electron chi connectivity index (χ0n) is 28.5. The summed E-state index contributed by atoms with van der Waals surface area (Å²) in [6.07, 6.45) is 12.3. The van der Waals surface area contributed by atoms with Gasteiger partial charge in [-0.1, -0.05) is 47.1 Å². The van der Waals surface area contributed by atoms with Gasteiger partial charge in [-0.05, 0) is 93.9 Å². The largest absolute Gasteiger partial charge is 0.507 e. The molecule has 1 aliphatic carbocycles. The van der Waals surface area contributed by atoms with Crippen molar-refractivity contribution in [3.63, 3.8) is 0 Å². The molecular formula is C38H50O8. The molecule has 1 aromatic rings. The van der Waals surface area contributed by atoms with Crippen LogP contribution in [0, 0.1) is 11.8 Å². The first-order valence-electron chi connectivity index (χ1n) is 16.0. The van der Waals surface area contributed by atoms with Gasteiger partial charge in [0.2, 0.25) is 0 Å². The van der Waals surface area contributed by atoms with E-state index in [2.05, 4.69) is 19.9 Å². The number of fused-ring (bicyclic) bond motifs is 2. The Labute approximate surface area is 273 Å². The lowest BCUT2D eigenvalue weighted by Crippen LogP contribution is -2.50. The van der Waals surface area contributed by atoms with Crippen molar-refractivity contribution in [2.75, 3.05) is 6.61 Å². The number of phenolic OH excluding ortho intramolecular Hbond substituents is 2. The van der Waals surface area contributed by atoms with Gasteiger partial charge in [0.25, 0.3) is 0 Å². The highest BCUT2D eigenvalue weighted by atomic mass is 16.5. The van der Waals surface area contributed by atoms with Crippen LogP contribution in [-0.2, 0) is 27.2 Å². The molecule has 46 heavy (non-hydrogen) atoms. The number of allylic oxidation sites excluding steroid dienone is 7. The highest BCUT2D eigenvalue weighted by molar-refractivity contribution is 6.15. The molecule has 3 atom stereocenters. The first-order chi connectivity index (χ1) is 21.6. The third-order valence-corrected chi connectivity index (χ3v) is 8.83. The van der Waals surface area contributed by atoms with Crippen molar-refractivity contribution in [2.45, 2.75) is 106 Å². The highest BCUT2D eigenvalue weighted by Gasteiger charge is 2.49. The SMILES string of the molecule is CC(C)=CCC/C(C)=C/Cc1c(O)c(CC=C(C)C)c2c(c1O)C(=O)C1=C[C@@H](C=O)CC(C(C)(C)OCC/C=C(/C)C(=O)O)[C@@H]1O2. The van der Waals surface area contributed by atoms with Crippen LogP contribution in [-0.4, -0.2) is 51.7 Å². The quantitative estimate of drug-likeness (QED) is 0.0819. The molecule has 8 nitrogen and oxygen atoms in total. The van der Waals surface area contributed by atoms with Crippen molar-refractivity contribution in [3.05, 3.63) is 74.9 Å². The number of carbonyl (C=O) groups is 3. The average Bonchev–Trinajstić information content (AvgIpc) is 2.98. The van der Waals surface area contributed by atoms with Crippen LogP contribution in [0.4, 0.5) is 0 Å². The van der Waals surface area contributed by atoms with Gasteiger partial charge in [0, 0.05) is 34.1 Å². The lowest BCUT2D eigenvalue weighted by molar-refractivity contribution is -0.132. The summed E-state index contributed by atoms with van der Waals surface area (Å²) in [4.78, 5) is 37.5. The average molecular weight is 635 g/mol. The van der Waals surface area contributed by atoms with E-state index in [9.17, 15) is 24.6 Å². The normalized spacial score (nSPS) is 19.8. The van der Waals surface area contributed by atoms with E-state index in [1.807, 2.05) is 46.8 Å². The number of Topliss-reactive ketones (excluding diaryl/α,β-unsaturated/α-hetero) is 1. The van der Waals surface area contributed by atoms with E-state index >= 15 is 0 Å². The Morgan fingerprint density at radius 2 is 1.61 bits per heavy atom. The number of hydrogen-bond acceptors (Lipinski definition) is 7. The van der Waals surface area contributed by atoms with Crippen molar-refractivity contribution in [1.82, 2.24) is 0 Å². The molecule has 0 spiro atoms. The van der Waals surface area contributed by atoms with E-state index < -0.39 is 35.3 Å². The summed E-state index contributed by atoms with van der Waals surface area (Å²) in [7, 11) is 0. The standard InChI is InChI=1S/C38H50O8/c1-22(2)11-9-12-24(5)15-17-27-32(40)28(16-14-23(3)4)36-31(33(27)41)34(42)29-19-26(21-39)20-30(35(29)46-36)38(7,8)45-18-10-13-25(6)37(43)44/h11,13-15,19,21,26,30,35,40-41H,9-10,12,16-18,20H2,1-8H3,(H,43,44)/b24-15+,25-13-/t26-,30?,35-/m1/s1. The molecule has 1 unspecified atom stereocenters.